The minimum Gasteiger partial charge on any atom is -0.480 e. The summed E-state index contributed by atoms with van der Waals surface area (Å²) in [6.45, 7) is 3.47. The molecule has 21 heavy (non-hydrogen) atoms. The van der Waals surface area contributed by atoms with E-state index in [2.05, 4.69) is 5.32 Å². The van der Waals surface area contributed by atoms with E-state index in [1.807, 2.05) is 30.3 Å². The third-order valence-corrected chi connectivity index (χ3v) is 3.22. The summed E-state index contributed by atoms with van der Waals surface area (Å²) in [7, 11) is 0. The van der Waals surface area contributed by atoms with Gasteiger partial charge in [0.05, 0.1) is 0 Å². The van der Waals surface area contributed by atoms with Crippen LogP contribution >= 0.6 is 0 Å². The standard InChI is InChI=1S/C16H18N2O3/c1-16(2,15(20)21)17-14(19)13-9-6-10-18(13)11-12-7-4-3-5-8-12/h3-10H,11H2,1-2H3,(H,17,19)(H,20,21). The molecule has 2 N–H and O–H groups in total. The van der Waals surface area contributed by atoms with E-state index in [0.29, 0.717) is 12.2 Å². The fourth-order valence-corrected chi connectivity index (χ4v) is 1.94. The van der Waals surface area contributed by atoms with Gasteiger partial charge in [0, 0.05) is 12.7 Å². The maximum absolute atomic E-state index is 12.2. The summed E-state index contributed by atoms with van der Waals surface area (Å²) in [4.78, 5) is 23.3. The van der Waals surface area contributed by atoms with Crippen LogP contribution in [0, 0.1) is 0 Å². The second-order valence-electron chi connectivity index (χ2n) is 5.39. The molecule has 0 atom stereocenters. The average molecular weight is 286 g/mol. The van der Waals surface area contributed by atoms with Crippen molar-refractivity contribution in [3.8, 4) is 0 Å². The van der Waals surface area contributed by atoms with Crippen molar-refractivity contribution in [3.05, 3.63) is 59.9 Å². The summed E-state index contributed by atoms with van der Waals surface area (Å²) >= 11 is 0. The lowest BCUT2D eigenvalue weighted by Crippen LogP contribution is -2.50. The number of carboxylic acid groups (broad SMARTS) is 1. The minimum atomic E-state index is -1.31. The van der Waals surface area contributed by atoms with E-state index in [1.165, 1.54) is 13.8 Å². The van der Waals surface area contributed by atoms with Gasteiger partial charge in [-0.05, 0) is 31.5 Å². The van der Waals surface area contributed by atoms with Crippen LogP contribution in [0.15, 0.2) is 48.7 Å². The second kappa shape index (κ2) is 5.83. The van der Waals surface area contributed by atoms with Gasteiger partial charge < -0.3 is 15.0 Å². The molecule has 0 spiro atoms. The zero-order valence-corrected chi connectivity index (χ0v) is 12.0. The zero-order valence-electron chi connectivity index (χ0n) is 12.0. The van der Waals surface area contributed by atoms with Gasteiger partial charge >= 0.3 is 5.97 Å². The average Bonchev–Trinajstić information content (AvgIpc) is 2.87. The molecule has 5 heteroatoms. The number of aliphatic carboxylic acids is 1. The Morgan fingerprint density at radius 2 is 1.81 bits per heavy atom. The van der Waals surface area contributed by atoms with Gasteiger partial charge in [-0.2, -0.15) is 0 Å². The molecule has 0 saturated heterocycles. The Kier molecular flexibility index (Phi) is 4.12. The predicted octanol–water partition coefficient (Wildman–Crippen LogP) is 2.13. The van der Waals surface area contributed by atoms with Gasteiger partial charge in [-0.25, -0.2) is 4.79 Å². The molecule has 0 aliphatic rings. The van der Waals surface area contributed by atoms with Crippen molar-refractivity contribution in [2.75, 3.05) is 0 Å². The van der Waals surface area contributed by atoms with Gasteiger partial charge in [0.1, 0.15) is 11.2 Å². The maximum atomic E-state index is 12.2. The molecule has 1 aromatic carbocycles. The van der Waals surface area contributed by atoms with Gasteiger partial charge in [0.2, 0.25) is 0 Å². The summed E-state index contributed by atoms with van der Waals surface area (Å²) in [5, 5.41) is 11.6. The monoisotopic (exact) mass is 286 g/mol. The first-order chi connectivity index (χ1) is 9.90. The first kappa shape index (κ1) is 14.8. The molecule has 1 heterocycles. The lowest BCUT2D eigenvalue weighted by atomic mass is 10.1. The fraction of sp³-hybridized carbons (Fsp3) is 0.250. The highest BCUT2D eigenvalue weighted by Gasteiger charge is 2.30. The highest BCUT2D eigenvalue weighted by molar-refractivity contribution is 5.96. The summed E-state index contributed by atoms with van der Waals surface area (Å²) in [5.74, 6) is -1.47. The van der Waals surface area contributed by atoms with Crippen molar-refractivity contribution in [2.45, 2.75) is 25.9 Å². The van der Waals surface area contributed by atoms with Crippen LogP contribution in [-0.2, 0) is 11.3 Å². The maximum Gasteiger partial charge on any atom is 0.328 e. The molecule has 0 bridgehead atoms. The molecule has 1 amide bonds. The molecule has 0 aliphatic heterocycles. The number of amides is 1. The van der Waals surface area contributed by atoms with Gasteiger partial charge in [0.15, 0.2) is 0 Å². The first-order valence-electron chi connectivity index (χ1n) is 6.65. The first-order valence-corrected chi connectivity index (χ1v) is 6.65. The van der Waals surface area contributed by atoms with Crippen LogP contribution in [0.5, 0.6) is 0 Å². The smallest absolute Gasteiger partial charge is 0.328 e. The van der Waals surface area contributed by atoms with Crippen LogP contribution in [0.2, 0.25) is 0 Å². The Hall–Kier alpha value is -2.56. The summed E-state index contributed by atoms with van der Waals surface area (Å²) in [5.41, 5.74) is 0.201. The number of hydrogen-bond donors (Lipinski definition) is 2. The van der Waals surface area contributed by atoms with Gasteiger partial charge in [0.25, 0.3) is 5.91 Å². The Morgan fingerprint density at radius 3 is 2.43 bits per heavy atom. The highest BCUT2D eigenvalue weighted by Crippen LogP contribution is 2.10. The number of benzene rings is 1. The van der Waals surface area contributed by atoms with E-state index < -0.39 is 17.4 Å². The van der Waals surface area contributed by atoms with Crippen molar-refractivity contribution >= 4 is 11.9 Å². The molecule has 0 radical (unpaired) electrons. The van der Waals surface area contributed by atoms with Gasteiger partial charge in [-0.3, -0.25) is 4.79 Å². The molecule has 2 rings (SSSR count). The van der Waals surface area contributed by atoms with E-state index in [-0.39, 0.29) is 0 Å². The molecule has 2 aromatic rings. The molecule has 1 aromatic heterocycles. The molecule has 0 saturated carbocycles. The minimum absolute atomic E-state index is 0.400. The number of rotatable bonds is 5. The van der Waals surface area contributed by atoms with Crippen molar-refractivity contribution in [1.82, 2.24) is 9.88 Å². The molecule has 0 unspecified atom stereocenters. The lowest BCUT2D eigenvalue weighted by Gasteiger charge is -2.21. The Morgan fingerprint density at radius 1 is 1.14 bits per heavy atom. The number of aromatic nitrogens is 1. The SMILES string of the molecule is CC(C)(NC(=O)c1cccn1Cc1ccccc1)C(=O)O. The molecule has 110 valence electrons. The van der Waals surface area contributed by atoms with Gasteiger partial charge in [-0.1, -0.05) is 30.3 Å². The van der Waals surface area contributed by atoms with E-state index >= 15 is 0 Å². The van der Waals surface area contributed by atoms with Crippen LogP contribution in [-0.4, -0.2) is 27.1 Å². The third kappa shape index (κ3) is 3.51. The Bertz CT molecular complexity index is 645. The lowest BCUT2D eigenvalue weighted by molar-refractivity contribution is -0.143. The van der Waals surface area contributed by atoms with E-state index in [0.717, 1.165) is 5.56 Å². The number of nitrogens with one attached hydrogen (secondary N) is 1. The summed E-state index contributed by atoms with van der Waals surface area (Å²) in [6.07, 6.45) is 1.80. The molecular formula is C16H18N2O3. The second-order valence-corrected chi connectivity index (χ2v) is 5.39. The van der Waals surface area contributed by atoms with Crippen LogP contribution < -0.4 is 5.32 Å². The third-order valence-electron chi connectivity index (χ3n) is 3.22. The molecular weight excluding hydrogens is 268 g/mol. The topological polar surface area (TPSA) is 71.3 Å². The zero-order chi connectivity index (χ0) is 15.5. The predicted molar refractivity (Wildman–Crippen MR) is 79.2 cm³/mol. The van der Waals surface area contributed by atoms with Crippen LogP contribution in [0.25, 0.3) is 0 Å². The molecule has 0 fully saturated rings. The van der Waals surface area contributed by atoms with Crippen LogP contribution in [0.1, 0.15) is 29.9 Å². The molecule has 0 aliphatic carbocycles. The van der Waals surface area contributed by atoms with Crippen molar-refractivity contribution in [1.29, 1.82) is 0 Å². The Balaban J connectivity index is 2.17. The largest absolute Gasteiger partial charge is 0.480 e. The number of nitrogens with zero attached hydrogens (tertiary/aromatic N) is 1. The quantitative estimate of drug-likeness (QED) is 0.884. The van der Waals surface area contributed by atoms with Gasteiger partial charge in [-0.15, -0.1) is 0 Å². The van der Waals surface area contributed by atoms with E-state index in [9.17, 15) is 9.59 Å². The van der Waals surface area contributed by atoms with E-state index in [1.54, 1.807) is 22.9 Å². The Labute approximate surface area is 123 Å². The number of carbonyl (C=O) groups excluding carboxylic acids is 1. The number of hydrogen-bond acceptors (Lipinski definition) is 2. The summed E-state index contributed by atoms with van der Waals surface area (Å²) in [6, 6.07) is 13.2. The van der Waals surface area contributed by atoms with Crippen molar-refractivity contribution in [3.63, 3.8) is 0 Å². The van der Waals surface area contributed by atoms with Crippen molar-refractivity contribution in [2.24, 2.45) is 0 Å². The number of carbonyl (C=O) groups is 2. The van der Waals surface area contributed by atoms with Crippen LogP contribution in [0.4, 0.5) is 0 Å². The molecule has 5 nitrogen and oxygen atoms in total. The van der Waals surface area contributed by atoms with E-state index in [4.69, 9.17) is 5.11 Å². The fourth-order valence-electron chi connectivity index (χ4n) is 1.94. The number of carboxylic acids is 1. The highest BCUT2D eigenvalue weighted by atomic mass is 16.4. The summed E-state index contributed by atoms with van der Waals surface area (Å²) < 4.78 is 1.79. The normalized spacial score (nSPS) is 11.1. The van der Waals surface area contributed by atoms with Crippen molar-refractivity contribution < 1.29 is 14.7 Å². The van der Waals surface area contributed by atoms with Crippen LogP contribution in [0.3, 0.4) is 0 Å².